The normalized spacial score (nSPS) is 12.7. The highest BCUT2D eigenvalue weighted by Crippen LogP contribution is 2.08. The summed E-state index contributed by atoms with van der Waals surface area (Å²) >= 11 is 0. The molecule has 0 saturated heterocycles. The Morgan fingerprint density at radius 1 is 0.682 bits per heavy atom. The molecule has 2 N–H and O–H groups in total. The van der Waals surface area contributed by atoms with Crippen molar-refractivity contribution >= 4 is 0 Å². The SMILES string of the molecule is CCCCCCCCCCOCC(O)COCCOCCO. The molecule has 0 radical (unpaired) electrons. The first-order valence-corrected chi connectivity index (χ1v) is 8.83. The van der Waals surface area contributed by atoms with Gasteiger partial charge in [-0.1, -0.05) is 51.9 Å². The smallest absolute Gasteiger partial charge is 0.101 e. The second-order valence-electron chi connectivity index (χ2n) is 5.61. The Morgan fingerprint density at radius 2 is 1.23 bits per heavy atom. The first-order valence-electron chi connectivity index (χ1n) is 8.83. The molecule has 0 fully saturated rings. The lowest BCUT2D eigenvalue weighted by atomic mass is 10.1. The van der Waals surface area contributed by atoms with Crippen LogP contribution in [0.5, 0.6) is 0 Å². The van der Waals surface area contributed by atoms with Crippen molar-refractivity contribution in [3.63, 3.8) is 0 Å². The van der Waals surface area contributed by atoms with Gasteiger partial charge in [0, 0.05) is 6.61 Å². The predicted octanol–water partition coefficient (Wildman–Crippen LogP) is 2.53. The third-order valence-electron chi connectivity index (χ3n) is 3.37. The lowest BCUT2D eigenvalue weighted by molar-refractivity contribution is -0.0344. The Hall–Kier alpha value is -0.200. The zero-order valence-electron chi connectivity index (χ0n) is 14.3. The number of rotatable bonds is 18. The van der Waals surface area contributed by atoms with Gasteiger partial charge in [-0.15, -0.1) is 0 Å². The predicted molar refractivity (Wildman–Crippen MR) is 88.2 cm³/mol. The van der Waals surface area contributed by atoms with Gasteiger partial charge in [-0.2, -0.15) is 0 Å². The van der Waals surface area contributed by atoms with E-state index in [0.29, 0.717) is 33.0 Å². The summed E-state index contributed by atoms with van der Waals surface area (Å²) in [5.41, 5.74) is 0. The standard InChI is InChI=1S/C17H36O5/c1-2-3-4-5-6-7-8-9-11-21-15-17(19)16-22-14-13-20-12-10-18/h17-19H,2-16H2,1H3. The largest absolute Gasteiger partial charge is 0.394 e. The van der Waals surface area contributed by atoms with Crippen molar-refractivity contribution in [1.82, 2.24) is 0 Å². The van der Waals surface area contributed by atoms with Crippen LogP contribution in [0.1, 0.15) is 58.3 Å². The Bertz CT molecular complexity index is 201. The van der Waals surface area contributed by atoms with E-state index in [4.69, 9.17) is 19.3 Å². The minimum atomic E-state index is -0.577. The summed E-state index contributed by atoms with van der Waals surface area (Å²) in [6.07, 6.45) is 9.69. The maximum absolute atomic E-state index is 9.64. The van der Waals surface area contributed by atoms with Crippen molar-refractivity contribution < 1.29 is 24.4 Å². The Labute approximate surface area is 136 Å². The Morgan fingerprint density at radius 3 is 1.86 bits per heavy atom. The third-order valence-corrected chi connectivity index (χ3v) is 3.37. The number of ether oxygens (including phenoxy) is 3. The van der Waals surface area contributed by atoms with E-state index in [2.05, 4.69) is 6.92 Å². The van der Waals surface area contributed by atoms with E-state index in [9.17, 15) is 5.11 Å². The van der Waals surface area contributed by atoms with Gasteiger partial charge in [0.05, 0.1) is 39.6 Å². The molecule has 0 rings (SSSR count). The molecule has 0 aliphatic carbocycles. The zero-order chi connectivity index (χ0) is 16.3. The van der Waals surface area contributed by atoms with Crippen molar-refractivity contribution in [2.24, 2.45) is 0 Å². The van der Waals surface area contributed by atoms with Gasteiger partial charge in [0.15, 0.2) is 0 Å². The number of aliphatic hydroxyl groups excluding tert-OH is 2. The van der Waals surface area contributed by atoms with Crippen LogP contribution >= 0.6 is 0 Å². The van der Waals surface area contributed by atoms with Crippen LogP contribution in [-0.4, -0.2) is 62.6 Å². The third kappa shape index (κ3) is 17.9. The van der Waals surface area contributed by atoms with E-state index in [1.165, 1.54) is 44.9 Å². The molecule has 5 heteroatoms. The fourth-order valence-corrected chi connectivity index (χ4v) is 2.11. The van der Waals surface area contributed by atoms with Crippen LogP contribution in [0.15, 0.2) is 0 Å². The number of hydrogen-bond donors (Lipinski definition) is 2. The van der Waals surface area contributed by atoms with E-state index >= 15 is 0 Å². The highest BCUT2D eigenvalue weighted by atomic mass is 16.5. The molecule has 0 heterocycles. The molecule has 5 nitrogen and oxygen atoms in total. The average molecular weight is 320 g/mol. The summed E-state index contributed by atoms with van der Waals surface area (Å²) in [5.74, 6) is 0. The topological polar surface area (TPSA) is 68.2 Å². The number of aliphatic hydroxyl groups is 2. The van der Waals surface area contributed by atoms with Crippen molar-refractivity contribution in [3.05, 3.63) is 0 Å². The van der Waals surface area contributed by atoms with E-state index in [0.717, 1.165) is 6.42 Å². The van der Waals surface area contributed by atoms with Crippen molar-refractivity contribution in [3.8, 4) is 0 Å². The van der Waals surface area contributed by atoms with E-state index in [-0.39, 0.29) is 13.2 Å². The molecular formula is C17H36O5. The summed E-state index contributed by atoms with van der Waals surface area (Å²) in [7, 11) is 0. The fraction of sp³-hybridized carbons (Fsp3) is 1.00. The highest BCUT2D eigenvalue weighted by Gasteiger charge is 2.04. The van der Waals surface area contributed by atoms with Gasteiger partial charge in [0.2, 0.25) is 0 Å². The van der Waals surface area contributed by atoms with Crippen LogP contribution in [0.4, 0.5) is 0 Å². The summed E-state index contributed by atoms with van der Waals surface area (Å²) in [4.78, 5) is 0. The Balaban J connectivity index is 3.10. The van der Waals surface area contributed by atoms with Crippen molar-refractivity contribution in [2.45, 2.75) is 64.4 Å². The van der Waals surface area contributed by atoms with Crippen LogP contribution < -0.4 is 0 Å². The second-order valence-corrected chi connectivity index (χ2v) is 5.61. The van der Waals surface area contributed by atoms with Crippen LogP contribution in [0.25, 0.3) is 0 Å². The lowest BCUT2D eigenvalue weighted by Crippen LogP contribution is -2.23. The molecule has 0 aliphatic rings. The maximum atomic E-state index is 9.64. The maximum Gasteiger partial charge on any atom is 0.101 e. The van der Waals surface area contributed by atoms with Gasteiger partial charge in [-0.05, 0) is 6.42 Å². The minimum absolute atomic E-state index is 0.0230. The highest BCUT2D eigenvalue weighted by molar-refractivity contribution is 4.52. The number of unbranched alkanes of at least 4 members (excludes halogenated alkanes) is 7. The molecule has 0 aliphatic heterocycles. The van der Waals surface area contributed by atoms with Crippen LogP contribution in [0.2, 0.25) is 0 Å². The second kappa shape index (κ2) is 18.8. The molecule has 0 amide bonds. The summed E-state index contributed by atoms with van der Waals surface area (Å²) in [6.45, 7) is 4.76. The monoisotopic (exact) mass is 320 g/mol. The van der Waals surface area contributed by atoms with Gasteiger partial charge in [-0.25, -0.2) is 0 Å². The average Bonchev–Trinajstić information content (AvgIpc) is 2.52. The summed E-state index contributed by atoms with van der Waals surface area (Å²) < 4.78 is 15.7. The summed E-state index contributed by atoms with van der Waals surface area (Å²) in [6, 6.07) is 0. The van der Waals surface area contributed by atoms with Gasteiger partial charge in [-0.3, -0.25) is 0 Å². The molecule has 0 bridgehead atoms. The van der Waals surface area contributed by atoms with Gasteiger partial charge < -0.3 is 24.4 Å². The molecule has 0 saturated carbocycles. The minimum Gasteiger partial charge on any atom is -0.394 e. The summed E-state index contributed by atoms with van der Waals surface area (Å²) in [5, 5.41) is 18.2. The molecule has 0 aromatic heterocycles. The molecular weight excluding hydrogens is 284 g/mol. The van der Waals surface area contributed by atoms with Gasteiger partial charge in [0.25, 0.3) is 0 Å². The first kappa shape index (κ1) is 21.8. The van der Waals surface area contributed by atoms with Gasteiger partial charge >= 0.3 is 0 Å². The van der Waals surface area contributed by atoms with Crippen LogP contribution in [-0.2, 0) is 14.2 Å². The molecule has 22 heavy (non-hydrogen) atoms. The molecule has 0 aromatic carbocycles. The molecule has 1 atom stereocenters. The molecule has 0 aromatic rings. The van der Waals surface area contributed by atoms with E-state index in [1.807, 2.05) is 0 Å². The molecule has 0 spiro atoms. The van der Waals surface area contributed by atoms with Crippen molar-refractivity contribution in [1.29, 1.82) is 0 Å². The first-order chi connectivity index (χ1) is 10.8. The van der Waals surface area contributed by atoms with Crippen molar-refractivity contribution in [2.75, 3.05) is 46.2 Å². The van der Waals surface area contributed by atoms with E-state index in [1.54, 1.807) is 0 Å². The quantitative estimate of drug-likeness (QED) is 0.380. The Kier molecular flexibility index (Phi) is 18.7. The molecule has 1 unspecified atom stereocenters. The van der Waals surface area contributed by atoms with Gasteiger partial charge in [0.1, 0.15) is 6.10 Å². The zero-order valence-corrected chi connectivity index (χ0v) is 14.3. The number of hydrogen-bond acceptors (Lipinski definition) is 5. The van der Waals surface area contributed by atoms with Crippen LogP contribution in [0.3, 0.4) is 0 Å². The lowest BCUT2D eigenvalue weighted by Gasteiger charge is -2.12. The fourth-order valence-electron chi connectivity index (χ4n) is 2.11. The van der Waals surface area contributed by atoms with Crippen LogP contribution in [0, 0.1) is 0 Å². The van der Waals surface area contributed by atoms with E-state index < -0.39 is 6.10 Å². The molecule has 134 valence electrons.